The molecular formula is C19H23N3O4S3. The number of fused-ring (bicyclic) bond motifs is 1. The minimum atomic E-state index is -3.49. The number of nitrogens with zero attached hydrogens (tertiary/aromatic N) is 1. The SMILES string of the molecule is NC(=O)c1c(NC(=O)C2CCN(S(=O)(=O)c3cccs3)CC2)sc2c1CCCC2. The zero-order valence-electron chi connectivity index (χ0n) is 15.8. The molecule has 0 unspecified atom stereocenters. The number of carbonyl (C=O) groups is 2. The fraction of sp³-hybridized carbons (Fsp3) is 0.474. The van der Waals surface area contributed by atoms with Crippen molar-refractivity contribution in [2.24, 2.45) is 11.7 Å². The van der Waals surface area contributed by atoms with Gasteiger partial charge in [0.25, 0.3) is 15.9 Å². The number of amides is 2. The molecule has 10 heteroatoms. The number of nitrogens with one attached hydrogen (secondary N) is 1. The Labute approximate surface area is 178 Å². The van der Waals surface area contributed by atoms with Gasteiger partial charge in [-0.2, -0.15) is 4.31 Å². The maximum atomic E-state index is 12.8. The van der Waals surface area contributed by atoms with Gasteiger partial charge in [0.15, 0.2) is 0 Å². The van der Waals surface area contributed by atoms with Crippen molar-refractivity contribution in [1.82, 2.24) is 4.31 Å². The lowest BCUT2D eigenvalue weighted by atomic mass is 9.95. The van der Waals surface area contributed by atoms with Crippen molar-refractivity contribution in [2.75, 3.05) is 18.4 Å². The summed E-state index contributed by atoms with van der Waals surface area (Å²) in [6.07, 6.45) is 4.74. The quantitative estimate of drug-likeness (QED) is 0.725. The molecule has 1 saturated heterocycles. The molecule has 0 saturated carbocycles. The van der Waals surface area contributed by atoms with Crippen LogP contribution < -0.4 is 11.1 Å². The third kappa shape index (κ3) is 3.98. The van der Waals surface area contributed by atoms with Crippen molar-refractivity contribution in [3.05, 3.63) is 33.5 Å². The van der Waals surface area contributed by atoms with Crippen LogP contribution in [0.4, 0.5) is 5.00 Å². The normalized spacial score (nSPS) is 18.3. The van der Waals surface area contributed by atoms with Crippen molar-refractivity contribution in [1.29, 1.82) is 0 Å². The van der Waals surface area contributed by atoms with Gasteiger partial charge >= 0.3 is 0 Å². The summed E-state index contributed by atoms with van der Waals surface area (Å²) < 4.78 is 27.0. The van der Waals surface area contributed by atoms with Crippen LogP contribution in [-0.4, -0.2) is 37.6 Å². The van der Waals surface area contributed by atoms with E-state index in [0.29, 0.717) is 40.7 Å². The molecule has 2 aromatic heterocycles. The van der Waals surface area contributed by atoms with Crippen LogP contribution in [0.15, 0.2) is 21.7 Å². The van der Waals surface area contributed by atoms with Crippen LogP contribution in [0.25, 0.3) is 0 Å². The van der Waals surface area contributed by atoms with Gasteiger partial charge in [-0.15, -0.1) is 22.7 Å². The first kappa shape index (κ1) is 20.5. The molecule has 4 rings (SSSR count). The zero-order valence-corrected chi connectivity index (χ0v) is 18.3. The summed E-state index contributed by atoms with van der Waals surface area (Å²) >= 11 is 2.65. The molecule has 2 amide bonds. The first-order valence-electron chi connectivity index (χ1n) is 9.67. The van der Waals surface area contributed by atoms with Crippen LogP contribution in [-0.2, 0) is 27.7 Å². The number of thiophene rings is 2. The largest absolute Gasteiger partial charge is 0.365 e. The molecule has 0 spiro atoms. The second-order valence-electron chi connectivity index (χ2n) is 7.38. The predicted molar refractivity (Wildman–Crippen MR) is 114 cm³/mol. The highest BCUT2D eigenvalue weighted by atomic mass is 32.2. The average molecular weight is 454 g/mol. The molecule has 0 aromatic carbocycles. The summed E-state index contributed by atoms with van der Waals surface area (Å²) in [6.45, 7) is 0.615. The number of carbonyl (C=O) groups excluding carboxylic acids is 2. The smallest absolute Gasteiger partial charge is 0.252 e. The maximum absolute atomic E-state index is 12.8. The molecule has 3 N–H and O–H groups in total. The van der Waals surface area contributed by atoms with Gasteiger partial charge < -0.3 is 11.1 Å². The molecule has 1 fully saturated rings. The number of hydrogen-bond donors (Lipinski definition) is 2. The third-order valence-corrected chi connectivity index (χ3v) is 10.0. The van der Waals surface area contributed by atoms with Crippen molar-refractivity contribution < 1.29 is 18.0 Å². The van der Waals surface area contributed by atoms with Crippen LogP contribution in [0, 0.1) is 5.92 Å². The van der Waals surface area contributed by atoms with Crippen LogP contribution in [0.2, 0.25) is 0 Å². The zero-order chi connectivity index (χ0) is 20.6. The van der Waals surface area contributed by atoms with E-state index in [1.807, 2.05) is 0 Å². The summed E-state index contributed by atoms with van der Waals surface area (Å²) in [5.74, 6) is -0.958. The Hall–Kier alpha value is -1.75. The number of primary amides is 1. The lowest BCUT2D eigenvalue weighted by Crippen LogP contribution is -2.41. The summed E-state index contributed by atoms with van der Waals surface area (Å²) in [6, 6.07) is 3.32. The standard InChI is InChI=1S/C19H23N3O4S3/c20-17(23)16-13-4-1-2-5-14(13)28-19(16)21-18(24)12-7-9-22(10-8-12)29(25,26)15-6-3-11-27-15/h3,6,11-12H,1-2,4-5,7-10H2,(H2,20,23)(H,21,24). The Morgan fingerprint density at radius 3 is 2.55 bits per heavy atom. The molecule has 29 heavy (non-hydrogen) atoms. The maximum Gasteiger partial charge on any atom is 0.252 e. The van der Waals surface area contributed by atoms with Gasteiger partial charge in [0.1, 0.15) is 9.21 Å². The van der Waals surface area contributed by atoms with E-state index in [1.165, 1.54) is 27.0 Å². The van der Waals surface area contributed by atoms with E-state index >= 15 is 0 Å². The van der Waals surface area contributed by atoms with Gasteiger partial charge in [-0.1, -0.05) is 6.07 Å². The van der Waals surface area contributed by atoms with E-state index < -0.39 is 15.9 Å². The average Bonchev–Trinajstić information content (AvgIpc) is 3.36. The monoisotopic (exact) mass is 453 g/mol. The minimum absolute atomic E-state index is 0.167. The molecule has 1 aliphatic heterocycles. The van der Waals surface area contributed by atoms with Gasteiger partial charge in [-0.05, 0) is 55.5 Å². The molecule has 1 aliphatic carbocycles. The lowest BCUT2D eigenvalue weighted by molar-refractivity contribution is -0.120. The van der Waals surface area contributed by atoms with Gasteiger partial charge in [0.05, 0.1) is 5.56 Å². The van der Waals surface area contributed by atoms with Crippen LogP contribution in [0.3, 0.4) is 0 Å². The Kier molecular flexibility index (Phi) is 5.78. The number of hydrogen-bond acceptors (Lipinski definition) is 6. The van der Waals surface area contributed by atoms with Crippen LogP contribution in [0.5, 0.6) is 0 Å². The predicted octanol–water partition coefficient (Wildman–Crippen LogP) is 2.83. The molecule has 2 aliphatic rings. The van der Waals surface area contributed by atoms with E-state index in [1.54, 1.807) is 17.5 Å². The number of aryl methyl sites for hydroxylation is 1. The number of nitrogens with two attached hydrogens (primary N) is 1. The molecule has 7 nitrogen and oxygen atoms in total. The second kappa shape index (κ2) is 8.17. The van der Waals surface area contributed by atoms with Gasteiger partial charge in [0.2, 0.25) is 5.91 Å². The third-order valence-electron chi connectivity index (χ3n) is 5.57. The fourth-order valence-electron chi connectivity index (χ4n) is 4.02. The highest BCUT2D eigenvalue weighted by molar-refractivity contribution is 7.91. The summed E-state index contributed by atoms with van der Waals surface area (Å²) in [4.78, 5) is 25.9. The molecule has 2 aromatic rings. The van der Waals surface area contributed by atoms with Gasteiger partial charge in [-0.25, -0.2) is 8.42 Å². The van der Waals surface area contributed by atoms with Crippen molar-refractivity contribution in [2.45, 2.75) is 42.7 Å². The minimum Gasteiger partial charge on any atom is -0.365 e. The van der Waals surface area contributed by atoms with Crippen molar-refractivity contribution in [3.8, 4) is 0 Å². The van der Waals surface area contributed by atoms with E-state index in [0.717, 1.165) is 36.1 Å². The summed E-state index contributed by atoms with van der Waals surface area (Å²) in [5, 5.41) is 5.20. The lowest BCUT2D eigenvalue weighted by Gasteiger charge is -2.30. The number of anilines is 1. The Balaban J connectivity index is 1.43. The molecule has 156 valence electrons. The molecule has 0 atom stereocenters. The van der Waals surface area contributed by atoms with Crippen LogP contribution in [0.1, 0.15) is 46.5 Å². The molecule has 0 radical (unpaired) electrons. The fourth-order valence-corrected chi connectivity index (χ4v) is 7.94. The van der Waals surface area contributed by atoms with E-state index in [2.05, 4.69) is 5.32 Å². The summed E-state index contributed by atoms with van der Waals surface area (Å²) in [5.41, 5.74) is 7.04. The van der Waals surface area contributed by atoms with Crippen LogP contribution >= 0.6 is 22.7 Å². The van der Waals surface area contributed by atoms with Gasteiger partial charge in [0, 0.05) is 23.9 Å². The molecule has 0 bridgehead atoms. The van der Waals surface area contributed by atoms with Crippen molar-refractivity contribution in [3.63, 3.8) is 0 Å². The topological polar surface area (TPSA) is 110 Å². The first-order valence-corrected chi connectivity index (χ1v) is 12.8. The Morgan fingerprint density at radius 2 is 1.90 bits per heavy atom. The van der Waals surface area contributed by atoms with Gasteiger partial charge in [-0.3, -0.25) is 9.59 Å². The summed E-state index contributed by atoms with van der Waals surface area (Å²) in [7, 11) is -3.49. The molecular weight excluding hydrogens is 430 g/mol. The second-order valence-corrected chi connectivity index (χ2v) is 11.6. The Morgan fingerprint density at radius 1 is 1.17 bits per heavy atom. The van der Waals surface area contributed by atoms with E-state index in [9.17, 15) is 18.0 Å². The Bertz CT molecular complexity index is 1020. The number of sulfonamides is 1. The van der Waals surface area contributed by atoms with E-state index in [-0.39, 0.29) is 11.8 Å². The highest BCUT2D eigenvalue weighted by Gasteiger charge is 2.33. The molecule has 3 heterocycles. The highest BCUT2D eigenvalue weighted by Crippen LogP contribution is 2.38. The first-order chi connectivity index (χ1) is 13.9. The van der Waals surface area contributed by atoms with Crippen molar-refractivity contribution >= 4 is 49.5 Å². The number of piperidine rings is 1. The number of rotatable bonds is 5. The van der Waals surface area contributed by atoms with E-state index in [4.69, 9.17) is 5.73 Å².